The van der Waals surface area contributed by atoms with Gasteiger partial charge in [-0.15, -0.1) is 0 Å². The van der Waals surface area contributed by atoms with Crippen molar-refractivity contribution < 1.29 is 14.4 Å². The molecule has 0 aliphatic rings. The Hall–Kier alpha value is -2.57. The molecule has 6 N–H and O–H groups in total. The van der Waals surface area contributed by atoms with Gasteiger partial charge in [0.2, 0.25) is 5.91 Å². The number of nitrogens with one attached hydrogen (secondary N) is 2. The molecule has 7 heteroatoms. The van der Waals surface area contributed by atoms with Crippen LogP contribution in [0.3, 0.4) is 0 Å². The predicted octanol–water partition coefficient (Wildman–Crippen LogP) is -0.608. The average molecular weight is 236 g/mol. The molecule has 0 saturated heterocycles. The van der Waals surface area contributed by atoms with Crippen LogP contribution in [0.4, 0.5) is 10.5 Å². The lowest BCUT2D eigenvalue weighted by atomic mass is 10.2. The van der Waals surface area contributed by atoms with Gasteiger partial charge in [-0.05, 0) is 18.2 Å². The van der Waals surface area contributed by atoms with Gasteiger partial charge in [-0.3, -0.25) is 9.59 Å². The zero-order valence-electron chi connectivity index (χ0n) is 8.90. The van der Waals surface area contributed by atoms with Crippen LogP contribution >= 0.6 is 0 Å². The molecular weight excluding hydrogens is 224 g/mol. The zero-order valence-corrected chi connectivity index (χ0v) is 8.90. The number of benzene rings is 1. The van der Waals surface area contributed by atoms with Crippen LogP contribution in [0.5, 0.6) is 0 Å². The molecule has 0 fully saturated rings. The van der Waals surface area contributed by atoms with Crippen LogP contribution < -0.4 is 22.1 Å². The van der Waals surface area contributed by atoms with E-state index < -0.39 is 17.8 Å². The van der Waals surface area contributed by atoms with Crippen molar-refractivity contribution >= 4 is 23.5 Å². The second kappa shape index (κ2) is 5.50. The van der Waals surface area contributed by atoms with Crippen LogP contribution in [0, 0.1) is 0 Å². The number of hydrogen-bond acceptors (Lipinski definition) is 3. The fourth-order valence-electron chi connectivity index (χ4n) is 1.15. The van der Waals surface area contributed by atoms with E-state index in [2.05, 4.69) is 10.6 Å². The lowest BCUT2D eigenvalue weighted by molar-refractivity contribution is -0.117. The summed E-state index contributed by atoms with van der Waals surface area (Å²) < 4.78 is 0. The lowest BCUT2D eigenvalue weighted by Gasteiger charge is -2.05. The van der Waals surface area contributed by atoms with Crippen LogP contribution in [-0.4, -0.2) is 24.4 Å². The molecule has 0 aliphatic heterocycles. The van der Waals surface area contributed by atoms with E-state index in [1.807, 2.05) is 0 Å². The SMILES string of the molecule is NC(=O)CNC(=O)c1cccc(NC(N)=O)c1. The normalized spacial score (nSPS) is 9.41. The van der Waals surface area contributed by atoms with Crippen molar-refractivity contribution in [3.63, 3.8) is 0 Å². The van der Waals surface area contributed by atoms with E-state index >= 15 is 0 Å². The first kappa shape index (κ1) is 12.5. The highest BCUT2D eigenvalue weighted by molar-refractivity contribution is 5.98. The molecule has 0 radical (unpaired) electrons. The van der Waals surface area contributed by atoms with Crippen LogP contribution in [0.2, 0.25) is 0 Å². The van der Waals surface area contributed by atoms with E-state index in [-0.39, 0.29) is 12.1 Å². The van der Waals surface area contributed by atoms with Gasteiger partial charge < -0.3 is 22.1 Å². The molecule has 0 spiro atoms. The molecular formula is C10H12N4O3. The summed E-state index contributed by atoms with van der Waals surface area (Å²) in [6, 6.07) is 5.39. The molecule has 0 aromatic heterocycles. The van der Waals surface area contributed by atoms with Gasteiger partial charge in [-0.1, -0.05) is 6.07 Å². The first-order valence-electron chi connectivity index (χ1n) is 4.72. The largest absolute Gasteiger partial charge is 0.368 e. The molecule has 0 saturated carbocycles. The van der Waals surface area contributed by atoms with Crippen molar-refractivity contribution in [2.45, 2.75) is 0 Å². The zero-order chi connectivity index (χ0) is 12.8. The maximum absolute atomic E-state index is 11.5. The van der Waals surface area contributed by atoms with Crippen molar-refractivity contribution in [2.75, 3.05) is 11.9 Å². The summed E-state index contributed by atoms with van der Waals surface area (Å²) in [5.74, 6) is -1.10. The predicted molar refractivity (Wildman–Crippen MR) is 61.2 cm³/mol. The number of urea groups is 1. The molecule has 0 bridgehead atoms. The molecule has 1 rings (SSSR count). The molecule has 1 aromatic carbocycles. The first-order chi connectivity index (χ1) is 7.99. The molecule has 0 unspecified atom stereocenters. The van der Waals surface area contributed by atoms with E-state index in [0.717, 1.165) is 0 Å². The van der Waals surface area contributed by atoms with Crippen molar-refractivity contribution in [2.24, 2.45) is 11.5 Å². The Morgan fingerprint density at radius 1 is 1.18 bits per heavy atom. The molecule has 1 aromatic rings. The number of rotatable bonds is 4. The van der Waals surface area contributed by atoms with Gasteiger partial charge in [-0.25, -0.2) is 4.79 Å². The number of hydrogen-bond donors (Lipinski definition) is 4. The quantitative estimate of drug-likeness (QED) is 0.556. The van der Waals surface area contributed by atoms with E-state index in [4.69, 9.17) is 11.5 Å². The second-order valence-electron chi connectivity index (χ2n) is 3.22. The Kier molecular flexibility index (Phi) is 4.04. The Labute approximate surface area is 97.2 Å². The lowest BCUT2D eigenvalue weighted by Crippen LogP contribution is -2.33. The topological polar surface area (TPSA) is 127 Å². The number of primary amides is 2. The number of carbonyl (C=O) groups excluding carboxylic acids is 3. The van der Waals surface area contributed by atoms with Crippen LogP contribution in [0.25, 0.3) is 0 Å². The molecule has 4 amide bonds. The number of amides is 4. The van der Waals surface area contributed by atoms with Crippen LogP contribution in [0.1, 0.15) is 10.4 Å². The van der Waals surface area contributed by atoms with Gasteiger partial charge in [0.05, 0.1) is 6.54 Å². The Morgan fingerprint density at radius 3 is 2.47 bits per heavy atom. The van der Waals surface area contributed by atoms with E-state index in [1.54, 1.807) is 12.1 Å². The minimum atomic E-state index is -0.723. The Morgan fingerprint density at radius 2 is 1.88 bits per heavy atom. The highest BCUT2D eigenvalue weighted by atomic mass is 16.2. The smallest absolute Gasteiger partial charge is 0.316 e. The van der Waals surface area contributed by atoms with Crippen molar-refractivity contribution in [3.05, 3.63) is 29.8 Å². The van der Waals surface area contributed by atoms with Crippen LogP contribution in [-0.2, 0) is 4.79 Å². The summed E-state index contributed by atoms with van der Waals surface area (Å²) in [6.07, 6.45) is 0. The Balaban J connectivity index is 2.73. The summed E-state index contributed by atoms with van der Waals surface area (Å²) in [6.45, 7) is -0.244. The molecule has 0 heterocycles. The second-order valence-corrected chi connectivity index (χ2v) is 3.22. The third-order valence-electron chi connectivity index (χ3n) is 1.82. The minimum absolute atomic E-state index is 0.244. The van der Waals surface area contributed by atoms with Crippen molar-refractivity contribution in [3.8, 4) is 0 Å². The van der Waals surface area contributed by atoms with Gasteiger partial charge in [0.25, 0.3) is 5.91 Å². The van der Waals surface area contributed by atoms with Gasteiger partial charge in [0.15, 0.2) is 0 Å². The average Bonchev–Trinajstić information content (AvgIpc) is 2.25. The molecule has 7 nitrogen and oxygen atoms in total. The van der Waals surface area contributed by atoms with E-state index in [0.29, 0.717) is 5.69 Å². The standard InChI is InChI=1S/C10H12N4O3/c11-8(15)5-13-9(16)6-2-1-3-7(4-6)14-10(12)17/h1-4H,5H2,(H2,11,15)(H,13,16)(H3,12,14,17). The number of carbonyl (C=O) groups is 3. The fourth-order valence-corrected chi connectivity index (χ4v) is 1.15. The Bertz CT molecular complexity index is 459. The summed E-state index contributed by atoms with van der Waals surface area (Å²) in [5.41, 5.74) is 10.5. The monoisotopic (exact) mass is 236 g/mol. The molecule has 0 aliphatic carbocycles. The number of anilines is 1. The van der Waals surface area contributed by atoms with Crippen molar-refractivity contribution in [1.29, 1.82) is 0 Å². The summed E-state index contributed by atoms with van der Waals surface area (Å²) in [5, 5.41) is 4.65. The fraction of sp³-hybridized carbons (Fsp3) is 0.100. The highest BCUT2D eigenvalue weighted by Gasteiger charge is 2.07. The highest BCUT2D eigenvalue weighted by Crippen LogP contribution is 2.10. The maximum atomic E-state index is 11.5. The third-order valence-corrected chi connectivity index (χ3v) is 1.82. The molecule has 0 atom stereocenters. The molecule has 17 heavy (non-hydrogen) atoms. The first-order valence-corrected chi connectivity index (χ1v) is 4.72. The summed E-state index contributed by atoms with van der Waals surface area (Å²) >= 11 is 0. The number of nitrogens with two attached hydrogens (primary N) is 2. The summed E-state index contributed by atoms with van der Waals surface area (Å²) in [7, 11) is 0. The van der Waals surface area contributed by atoms with Gasteiger partial charge in [0, 0.05) is 11.3 Å². The van der Waals surface area contributed by atoms with E-state index in [1.165, 1.54) is 12.1 Å². The van der Waals surface area contributed by atoms with Gasteiger partial charge in [0.1, 0.15) is 0 Å². The summed E-state index contributed by atoms with van der Waals surface area (Å²) in [4.78, 5) is 32.6. The van der Waals surface area contributed by atoms with Gasteiger partial charge >= 0.3 is 6.03 Å². The van der Waals surface area contributed by atoms with Gasteiger partial charge in [-0.2, -0.15) is 0 Å². The third kappa shape index (κ3) is 4.20. The van der Waals surface area contributed by atoms with Crippen LogP contribution in [0.15, 0.2) is 24.3 Å². The molecule has 90 valence electrons. The maximum Gasteiger partial charge on any atom is 0.316 e. The van der Waals surface area contributed by atoms with E-state index in [9.17, 15) is 14.4 Å². The minimum Gasteiger partial charge on any atom is -0.368 e. The van der Waals surface area contributed by atoms with Crippen molar-refractivity contribution in [1.82, 2.24) is 5.32 Å².